The molecule has 5 heteroatoms. The van der Waals surface area contributed by atoms with E-state index in [0.29, 0.717) is 17.2 Å². The van der Waals surface area contributed by atoms with E-state index in [9.17, 15) is 0 Å². The summed E-state index contributed by atoms with van der Waals surface area (Å²) in [7, 11) is 0. The van der Waals surface area contributed by atoms with E-state index in [4.69, 9.17) is 4.74 Å². The Morgan fingerprint density at radius 3 is 3.00 bits per heavy atom. The Kier molecular flexibility index (Phi) is 4.32. The van der Waals surface area contributed by atoms with Crippen molar-refractivity contribution in [1.82, 2.24) is 9.97 Å². The summed E-state index contributed by atoms with van der Waals surface area (Å²) in [5.74, 6) is 3.52. The van der Waals surface area contributed by atoms with Crippen LogP contribution in [0.15, 0.2) is 6.07 Å². The van der Waals surface area contributed by atoms with Gasteiger partial charge in [-0.1, -0.05) is 0 Å². The lowest BCUT2D eigenvalue weighted by Crippen LogP contribution is -2.27. The first-order valence-corrected chi connectivity index (χ1v) is 7.46. The van der Waals surface area contributed by atoms with Gasteiger partial charge in [-0.15, -0.1) is 0 Å². The summed E-state index contributed by atoms with van der Waals surface area (Å²) in [5, 5.41) is 3.41. The second kappa shape index (κ2) is 5.78. The summed E-state index contributed by atoms with van der Waals surface area (Å²) in [6.07, 6.45) is 2.59. The van der Waals surface area contributed by atoms with Crippen LogP contribution in [0.2, 0.25) is 0 Å². The minimum absolute atomic E-state index is 0.338. The van der Waals surface area contributed by atoms with Gasteiger partial charge in [-0.3, -0.25) is 0 Å². The summed E-state index contributed by atoms with van der Waals surface area (Å²) >= 11 is 2.05. The van der Waals surface area contributed by atoms with Crippen LogP contribution in [0.25, 0.3) is 0 Å². The molecule has 1 aliphatic rings. The minimum Gasteiger partial charge on any atom is -0.478 e. The van der Waals surface area contributed by atoms with Gasteiger partial charge in [-0.05, 0) is 39.4 Å². The second-order valence-corrected chi connectivity index (χ2v) is 6.51. The van der Waals surface area contributed by atoms with E-state index in [1.54, 1.807) is 0 Å². The maximum absolute atomic E-state index is 5.43. The number of nitrogens with zero attached hydrogens (tertiary/aromatic N) is 2. The number of anilines is 1. The molecular formula is C13H21N3OS. The van der Waals surface area contributed by atoms with Crippen LogP contribution in [-0.4, -0.2) is 33.6 Å². The predicted octanol–water partition coefficient (Wildman–Crippen LogP) is 2.88. The molecule has 4 nitrogen and oxygen atoms in total. The van der Waals surface area contributed by atoms with Crippen molar-refractivity contribution in [2.45, 2.75) is 38.4 Å². The lowest BCUT2D eigenvalue weighted by molar-refractivity contribution is 0.325. The van der Waals surface area contributed by atoms with Gasteiger partial charge in [-0.2, -0.15) is 16.7 Å². The standard InChI is InChI=1S/C13H21N3OS/c1-4-17-12-8-11(15-10(2)16-12)14-9-13(3)6-5-7-18-13/h8H,4-7,9H2,1-3H3,(H,14,15,16). The molecule has 1 N–H and O–H groups in total. The molecule has 0 spiro atoms. The third-order valence-corrected chi connectivity index (χ3v) is 4.59. The molecule has 1 aromatic heterocycles. The van der Waals surface area contributed by atoms with Crippen molar-refractivity contribution < 1.29 is 4.74 Å². The summed E-state index contributed by atoms with van der Waals surface area (Å²) < 4.78 is 5.77. The Labute approximate surface area is 113 Å². The highest BCUT2D eigenvalue weighted by Crippen LogP contribution is 2.37. The fraction of sp³-hybridized carbons (Fsp3) is 0.692. The highest BCUT2D eigenvalue weighted by Gasteiger charge is 2.29. The fourth-order valence-corrected chi connectivity index (χ4v) is 3.35. The molecule has 1 unspecified atom stereocenters. The van der Waals surface area contributed by atoms with Gasteiger partial charge in [-0.25, -0.2) is 4.98 Å². The Balaban J connectivity index is 2.00. The van der Waals surface area contributed by atoms with Crippen LogP contribution < -0.4 is 10.1 Å². The zero-order chi connectivity index (χ0) is 13.0. The van der Waals surface area contributed by atoms with Crippen molar-refractivity contribution in [3.05, 3.63) is 11.9 Å². The lowest BCUT2D eigenvalue weighted by Gasteiger charge is -2.23. The molecule has 1 atom stereocenters. The Morgan fingerprint density at radius 1 is 1.50 bits per heavy atom. The van der Waals surface area contributed by atoms with Gasteiger partial charge in [0.25, 0.3) is 0 Å². The zero-order valence-electron chi connectivity index (χ0n) is 11.3. The zero-order valence-corrected chi connectivity index (χ0v) is 12.1. The molecule has 2 rings (SSSR count). The quantitative estimate of drug-likeness (QED) is 0.889. The molecule has 18 heavy (non-hydrogen) atoms. The van der Waals surface area contributed by atoms with Crippen LogP contribution in [0.4, 0.5) is 5.82 Å². The molecule has 2 heterocycles. The van der Waals surface area contributed by atoms with Gasteiger partial charge < -0.3 is 10.1 Å². The minimum atomic E-state index is 0.338. The first-order chi connectivity index (χ1) is 8.61. The first kappa shape index (κ1) is 13.5. The van der Waals surface area contributed by atoms with Crippen LogP contribution in [0.5, 0.6) is 5.88 Å². The van der Waals surface area contributed by atoms with E-state index in [1.165, 1.54) is 18.6 Å². The predicted molar refractivity (Wildman–Crippen MR) is 76.5 cm³/mol. The van der Waals surface area contributed by atoms with Gasteiger partial charge >= 0.3 is 0 Å². The first-order valence-electron chi connectivity index (χ1n) is 6.48. The van der Waals surface area contributed by atoms with E-state index >= 15 is 0 Å². The highest BCUT2D eigenvalue weighted by atomic mass is 32.2. The van der Waals surface area contributed by atoms with Gasteiger partial charge in [0.15, 0.2) is 0 Å². The molecule has 1 aromatic rings. The number of aromatic nitrogens is 2. The van der Waals surface area contributed by atoms with Gasteiger partial charge in [0.2, 0.25) is 5.88 Å². The normalized spacial score (nSPS) is 23.1. The molecule has 0 aliphatic carbocycles. The maximum atomic E-state index is 5.43. The Bertz CT molecular complexity index is 405. The number of nitrogens with one attached hydrogen (secondary N) is 1. The smallest absolute Gasteiger partial charge is 0.218 e. The van der Waals surface area contributed by atoms with E-state index in [0.717, 1.165) is 18.2 Å². The highest BCUT2D eigenvalue weighted by molar-refractivity contribution is 8.00. The molecule has 0 saturated carbocycles. The van der Waals surface area contributed by atoms with Gasteiger partial charge in [0, 0.05) is 17.4 Å². The van der Waals surface area contributed by atoms with Crippen molar-refractivity contribution >= 4 is 17.6 Å². The third kappa shape index (κ3) is 3.51. The van der Waals surface area contributed by atoms with Gasteiger partial charge in [0.05, 0.1) is 6.61 Å². The van der Waals surface area contributed by atoms with E-state index < -0.39 is 0 Å². The Morgan fingerprint density at radius 2 is 2.33 bits per heavy atom. The van der Waals surface area contributed by atoms with Crippen molar-refractivity contribution in [2.75, 3.05) is 24.2 Å². The Hall–Kier alpha value is -0.970. The summed E-state index contributed by atoms with van der Waals surface area (Å²) in [4.78, 5) is 8.64. The number of rotatable bonds is 5. The van der Waals surface area contributed by atoms with Crippen LogP contribution in [0.3, 0.4) is 0 Å². The number of thioether (sulfide) groups is 1. The van der Waals surface area contributed by atoms with Gasteiger partial charge in [0.1, 0.15) is 11.6 Å². The van der Waals surface area contributed by atoms with Crippen LogP contribution in [0.1, 0.15) is 32.5 Å². The van der Waals surface area contributed by atoms with Crippen molar-refractivity contribution in [3.63, 3.8) is 0 Å². The fourth-order valence-electron chi connectivity index (χ4n) is 2.11. The molecule has 100 valence electrons. The van der Waals surface area contributed by atoms with Crippen LogP contribution >= 0.6 is 11.8 Å². The number of hydrogen-bond acceptors (Lipinski definition) is 5. The molecule has 0 amide bonds. The molecular weight excluding hydrogens is 246 g/mol. The molecule has 0 radical (unpaired) electrons. The van der Waals surface area contributed by atoms with Crippen molar-refractivity contribution in [2.24, 2.45) is 0 Å². The average molecular weight is 267 g/mol. The van der Waals surface area contributed by atoms with E-state index in [-0.39, 0.29) is 0 Å². The molecule has 0 aromatic carbocycles. The number of ether oxygens (including phenoxy) is 1. The average Bonchev–Trinajstić information content (AvgIpc) is 2.74. The molecule has 1 aliphatic heterocycles. The van der Waals surface area contributed by atoms with Crippen LogP contribution in [0, 0.1) is 6.92 Å². The monoisotopic (exact) mass is 267 g/mol. The summed E-state index contributed by atoms with van der Waals surface area (Å²) in [6, 6.07) is 1.87. The van der Waals surface area contributed by atoms with E-state index in [1.807, 2.05) is 31.7 Å². The van der Waals surface area contributed by atoms with Crippen molar-refractivity contribution in [3.8, 4) is 5.88 Å². The van der Waals surface area contributed by atoms with Crippen molar-refractivity contribution in [1.29, 1.82) is 0 Å². The molecule has 1 fully saturated rings. The van der Waals surface area contributed by atoms with Crippen LogP contribution in [-0.2, 0) is 0 Å². The third-order valence-electron chi connectivity index (χ3n) is 3.05. The topological polar surface area (TPSA) is 47.0 Å². The number of aryl methyl sites for hydroxylation is 1. The molecule has 1 saturated heterocycles. The lowest BCUT2D eigenvalue weighted by atomic mass is 10.1. The number of hydrogen-bond donors (Lipinski definition) is 1. The summed E-state index contributed by atoms with van der Waals surface area (Å²) in [6.45, 7) is 7.73. The molecule has 0 bridgehead atoms. The second-order valence-electron chi connectivity index (χ2n) is 4.83. The SMILES string of the molecule is CCOc1cc(NCC2(C)CCCS2)nc(C)n1. The largest absolute Gasteiger partial charge is 0.478 e. The maximum Gasteiger partial charge on any atom is 0.218 e. The summed E-state index contributed by atoms with van der Waals surface area (Å²) in [5.41, 5.74) is 0. The van der Waals surface area contributed by atoms with E-state index in [2.05, 4.69) is 22.2 Å².